The minimum atomic E-state index is -1.11. The van der Waals surface area contributed by atoms with Crippen molar-refractivity contribution in [3.63, 3.8) is 0 Å². The second-order valence-electron chi connectivity index (χ2n) is 7.93. The van der Waals surface area contributed by atoms with Crippen LogP contribution in [0.3, 0.4) is 0 Å². The Morgan fingerprint density at radius 3 is 2.70 bits per heavy atom. The van der Waals surface area contributed by atoms with Crippen LogP contribution in [0.5, 0.6) is 0 Å². The van der Waals surface area contributed by atoms with Gasteiger partial charge >= 0.3 is 0 Å². The molecular formula is C20H23BrN4OSi. The van der Waals surface area contributed by atoms with Crippen molar-refractivity contribution >= 4 is 40.6 Å². The van der Waals surface area contributed by atoms with Gasteiger partial charge in [-0.1, -0.05) is 31.8 Å². The lowest BCUT2D eigenvalue weighted by molar-refractivity contribution is 0.0909. The summed E-state index contributed by atoms with van der Waals surface area (Å²) in [5, 5.41) is 0. The summed E-state index contributed by atoms with van der Waals surface area (Å²) in [5.74, 6) is 0.842. The molecule has 0 atom stereocenters. The minimum absolute atomic E-state index is 0.482. The van der Waals surface area contributed by atoms with E-state index in [4.69, 9.17) is 9.72 Å². The molecule has 0 aliphatic carbocycles. The topological polar surface area (TPSA) is 44.4 Å². The van der Waals surface area contributed by atoms with Gasteiger partial charge in [0, 0.05) is 25.4 Å². The van der Waals surface area contributed by atoms with Crippen molar-refractivity contribution in [1.29, 1.82) is 0 Å². The predicted octanol–water partition coefficient (Wildman–Crippen LogP) is 5.43. The number of imidazole rings is 2. The van der Waals surface area contributed by atoms with Gasteiger partial charge in [0.05, 0.1) is 16.6 Å². The highest BCUT2D eigenvalue weighted by atomic mass is 79.9. The molecule has 0 fully saturated rings. The average Bonchev–Trinajstić information content (AvgIpc) is 3.18. The number of benzene rings is 1. The molecule has 4 rings (SSSR count). The van der Waals surface area contributed by atoms with Crippen LogP contribution in [0.15, 0.2) is 53.4 Å². The fourth-order valence-corrected chi connectivity index (χ4v) is 4.18. The minimum Gasteiger partial charge on any atom is -0.361 e. The van der Waals surface area contributed by atoms with E-state index in [-0.39, 0.29) is 0 Å². The van der Waals surface area contributed by atoms with E-state index < -0.39 is 8.07 Å². The first-order valence-electron chi connectivity index (χ1n) is 9.08. The highest BCUT2D eigenvalue weighted by Crippen LogP contribution is 2.28. The fraction of sp³-hybridized carbons (Fsp3) is 0.300. The van der Waals surface area contributed by atoms with Gasteiger partial charge in [-0.3, -0.25) is 4.57 Å². The zero-order chi connectivity index (χ0) is 19.0. The summed E-state index contributed by atoms with van der Waals surface area (Å²) in [7, 11) is -1.11. The summed E-state index contributed by atoms with van der Waals surface area (Å²) >= 11 is 3.51. The number of aromatic nitrogens is 4. The number of hydrogen-bond donors (Lipinski definition) is 0. The Morgan fingerprint density at radius 1 is 1.07 bits per heavy atom. The second-order valence-corrected chi connectivity index (χ2v) is 14.5. The first kappa shape index (κ1) is 18.4. The molecule has 0 aliphatic rings. The van der Waals surface area contributed by atoms with E-state index in [9.17, 15) is 0 Å². The molecule has 4 aromatic rings. The van der Waals surface area contributed by atoms with Crippen LogP contribution in [-0.2, 0) is 11.5 Å². The van der Waals surface area contributed by atoms with Crippen LogP contribution < -0.4 is 0 Å². The third kappa shape index (κ3) is 3.85. The van der Waals surface area contributed by atoms with E-state index in [0.717, 1.165) is 45.2 Å². The molecule has 7 heteroatoms. The molecule has 0 saturated carbocycles. The molecule has 0 amide bonds. The van der Waals surface area contributed by atoms with Crippen LogP contribution in [0.25, 0.3) is 28.1 Å². The Hall–Kier alpha value is -1.96. The number of hydrogen-bond acceptors (Lipinski definition) is 3. The maximum absolute atomic E-state index is 6.05. The first-order chi connectivity index (χ1) is 12.9. The number of pyridine rings is 1. The van der Waals surface area contributed by atoms with Gasteiger partial charge in [-0.2, -0.15) is 0 Å². The summed E-state index contributed by atoms with van der Waals surface area (Å²) in [5.41, 5.74) is 3.92. The van der Waals surface area contributed by atoms with Crippen molar-refractivity contribution in [1.82, 2.24) is 18.9 Å². The molecule has 1 aromatic carbocycles. The Labute approximate surface area is 168 Å². The van der Waals surface area contributed by atoms with Crippen molar-refractivity contribution in [3.05, 3.63) is 53.4 Å². The predicted molar refractivity (Wildman–Crippen MR) is 116 cm³/mol. The van der Waals surface area contributed by atoms with Gasteiger partial charge in [0.2, 0.25) is 0 Å². The normalized spacial score (nSPS) is 12.3. The number of ether oxygens (including phenoxy) is 1. The van der Waals surface area contributed by atoms with E-state index in [0.29, 0.717) is 6.73 Å². The zero-order valence-electron chi connectivity index (χ0n) is 15.8. The van der Waals surface area contributed by atoms with Crippen molar-refractivity contribution in [2.75, 3.05) is 6.61 Å². The molecule has 0 bridgehead atoms. The van der Waals surface area contributed by atoms with Crippen molar-refractivity contribution in [3.8, 4) is 11.5 Å². The number of para-hydroxylation sites is 2. The van der Waals surface area contributed by atoms with Crippen LogP contribution in [-0.4, -0.2) is 33.6 Å². The summed E-state index contributed by atoms with van der Waals surface area (Å²) in [4.78, 5) is 9.50. The Morgan fingerprint density at radius 2 is 1.89 bits per heavy atom. The van der Waals surface area contributed by atoms with Crippen LogP contribution >= 0.6 is 15.9 Å². The van der Waals surface area contributed by atoms with Crippen LogP contribution in [0.1, 0.15) is 0 Å². The molecule has 27 heavy (non-hydrogen) atoms. The lowest BCUT2D eigenvalue weighted by atomic mass is 10.3. The number of fused-ring (bicyclic) bond motifs is 2. The largest absolute Gasteiger partial charge is 0.361 e. The maximum atomic E-state index is 6.05. The average molecular weight is 443 g/mol. The molecule has 3 heterocycles. The molecule has 0 N–H and O–H groups in total. The van der Waals surface area contributed by atoms with E-state index in [1.54, 1.807) is 0 Å². The molecule has 0 spiro atoms. The Bertz CT molecular complexity index is 1100. The molecule has 0 saturated heterocycles. The van der Waals surface area contributed by atoms with Gasteiger partial charge in [-0.05, 0) is 46.2 Å². The number of rotatable bonds is 6. The van der Waals surface area contributed by atoms with Crippen LogP contribution in [0, 0.1) is 0 Å². The first-order valence-corrected chi connectivity index (χ1v) is 13.6. The SMILES string of the molecule is C[Si](C)(C)CCOCn1c(-c2ncn3cc(Br)ccc23)nc2ccccc21. The van der Waals surface area contributed by atoms with E-state index >= 15 is 0 Å². The monoisotopic (exact) mass is 442 g/mol. The van der Waals surface area contributed by atoms with Gasteiger partial charge in [-0.25, -0.2) is 9.97 Å². The second kappa shape index (κ2) is 7.22. The molecule has 3 aromatic heterocycles. The van der Waals surface area contributed by atoms with Crippen molar-refractivity contribution in [2.24, 2.45) is 0 Å². The van der Waals surface area contributed by atoms with Crippen molar-refractivity contribution < 1.29 is 4.74 Å². The van der Waals surface area contributed by atoms with E-state index in [1.165, 1.54) is 0 Å². The fourth-order valence-electron chi connectivity index (χ4n) is 3.07. The quantitative estimate of drug-likeness (QED) is 0.295. The maximum Gasteiger partial charge on any atom is 0.163 e. The zero-order valence-corrected chi connectivity index (χ0v) is 18.4. The van der Waals surface area contributed by atoms with E-state index in [2.05, 4.69) is 57.3 Å². The Kier molecular flexibility index (Phi) is 4.92. The van der Waals surface area contributed by atoms with Gasteiger partial charge in [-0.15, -0.1) is 0 Å². The molecule has 0 unspecified atom stereocenters. The third-order valence-electron chi connectivity index (χ3n) is 4.58. The highest BCUT2D eigenvalue weighted by molar-refractivity contribution is 9.10. The summed E-state index contributed by atoms with van der Waals surface area (Å²) in [6.07, 6.45) is 3.83. The lowest BCUT2D eigenvalue weighted by Crippen LogP contribution is -2.22. The Balaban J connectivity index is 1.73. The van der Waals surface area contributed by atoms with Crippen molar-refractivity contribution in [2.45, 2.75) is 32.4 Å². The third-order valence-corrected chi connectivity index (χ3v) is 6.75. The van der Waals surface area contributed by atoms with Crippen LogP contribution in [0.2, 0.25) is 25.7 Å². The standard InChI is InChI=1S/C20H23BrN4OSi/c1-27(2,3)11-10-26-14-25-17-7-5-4-6-16(17)23-20(25)19-18-9-8-15(21)12-24(18)13-22-19/h4-9,12-13H,10-11,14H2,1-3H3. The molecule has 5 nitrogen and oxygen atoms in total. The lowest BCUT2D eigenvalue weighted by Gasteiger charge is -2.16. The number of nitrogens with zero attached hydrogens (tertiary/aromatic N) is 4. The van der Waals surface area contributed by atoms with Gasteiger partial charge in [0.25, 0.3) is 0 Å². The smallest absolute Gasteiger partial charge is 0.163 e. The highest BCUT2D eigenvalue weighted by Gasteiger charge is 2.18. The molecule has 0 radical (unpaired) electrons. The molecular weight excluding hydrogens is 420 g/mol. The molecule has 0 aliphatic heterocycles. The summed E-state index contributed by atoms with van der Waals surface area (Å²) in [6.45, 7) is 8.35. The number of halogens is 1. The summed E-state index contributed by atoms with van der Waals surface area (Å²) < 4.78 is 11.2. The van der Waals surface area contributed by atoms with Crippen LogP contribution in [0.4, 0.5) is 0 Å². The summed E-state index contributed by atoms with van der Waals surface area (Å²) in [6, 6.07) is 13.4. The van der Waals surface area contributed by atoms with Gasteiger partial charge in [0.1, 0.15) is 18.8 Å². The molecule has 140 valence electrons. The van der Waals surface area contributed by atoms with E-state index in [1.807, 2.05) is 41.2 Å². The van der Waals surface area contributed by atoms with Gasteiger partial charge in [0.15, 0.2) is 5.82 Å². The van der Waals surface area contributed by atoms with Gasteiger partial charge < -0.3 is 9.14 Å².